The van der Waals surface area contributed by atoms with Crippen molar-refractivity contribution in [2.24, 2.45) is 0 Å². The van der Waals surface area contributed by atoms with E-state index < -0.39 is 0 Å². The van der Waals surface area contributed by atoms with Crippen molar-refractivity contribution in [1.29, 1.82) is 0 Å². The summed E-state index contributed by atoms with van der Waals surface area (Å²) in [7, 11) is 0. The van der Waals surface area contributed by atoms with Crippen molar-refractivity contribution in [1.82, 2.24) is 15.3 Å². The Labute approximate surface area is 157 Å². The maximum Gasteiger partial charge on any atom is 0.270 e. The van der Waals surface area contributed by atoms with Gasteiger partial charge in [0, 0.05) is 24.3 Å². The Morgan fingerprint density at radius 2 is 1.81 bits per heavy atom. The molecule has 0 aliphatic heterocycles. The Hall–Kier alpha value is -2.92. The molecule has 6 heteroatoms. The Morgan fingerprint density at radius 1 is 1.00 bits per heavy atom. The van der Waals surface area contributed by atoms with Gasteiger partial charge in [0.25, 0.3) is 5.91 Å². The quantitative estimate of drug-likeness (QED) is 0.668. The van der Waals surface area contributed by atoms with Gasteiger partial charge < -0.3 is 10.6 Å². The number of hydrogen-bond donors (Lipinski definition) is 2. The molecule has 3 rings (SSSR count). The van der Waals surface area contributed by atoms with E-state index >= 15 is 0 Å². The Morgan fingerprint density at radius 3 is 2.62 bits per heavy atom. The number of nitrogens with one attached hydrogen (secondary N) is 2. The van der Waals surface area contributed by atoms with Crippen LogP contribution in [0.3, 0.4) is 0 Å². The van der Waals surface area contributed by atoms with E-state index in [1.807, 2.05) is 54.6 Å². The molecule has 1 heterocycles. The van der Waals surface area contributed by atoms with E-state index in [2.05, 4.69) is 20.6 Å². The number of rotatable bonds is 7. The zero-order chi connectivity index (χ0) is 18.2. The first-order chi connectivity index (χ1) is 12.7. The lowest BCUT2D eigenvalue weighted by molar-refractivity contribution is 0.0949. The lowest BCUT2D eigenvalue weighted by Gasteiger charge is -2.08. The summed E-state index contributed by atoms with van der Waals surface area (Å²) in [5.74, 6) is 0.202. The first-order valence-corrected chi connectivity index (χ1v) is 8.72. The third-order valence-corrected chi connectivity index (χ3v) is 4.01. The number of amides is 1. The van der Waals surface area contributed by atoms with Gasteiger partial charge in [-0.2, -0.15) is 0 Å². The van der Waals surface area contributed by atoms with Crippen LogP contribution < -0.4 is 10.6 Å². The van der Waals surface area contributed by atoms with Gasteiger partial charge in [-0.25, -0.2) is 9.97 Å². The van der Waals surface area contributed by atoms with Gasteiger partial charge >= 0.3 is 0 Å². The molecule has 1 aromatic heterocycles. The van der Waals surface area contributed by atoms with E-state index in [9.17, 15) is 4.79 Å². The normalized spacial score (nSPS) is 10.3. The number of benzene rings is 2. The number of aromatic nitrogens is 2. The third-order valence-electron chi connectivity index (χ3n) is 3.77. The maximum atomic E-state index is 12.3. The topological polar surface area (TPSA) is 66.9 Å². The number of carbonyl (C=O) groups excluding carboxylic acids is 1. The fraction of sp³-hybridized carbons (Fsp3) is 0.150. The van der Waals surface area contributed by atoms with Crippen molar-refractivity contribution in [3.05, 3.63) is 88.7 Å². The molecule has 0 aliphatic rings. The summed E-state index contributed by atoms with van der Waals surface area (Å²) >= 11 is 5.96. The van der Waals surface area contributed by atoms with E-state index in [-0.39, 0.29) is 5.91 Å². The molecule has 0 radical (unpaired) electrons. The van der Waals surface area contributed by atoms with E-state index in [1.165, 1.54) is 0 Å². The van der Waals surface area contributed by atoms with E-state index in [4.69, 9.17) is 11.6 Å². The molecule has 2 aromatic carbocycles. The predicted molar refractivity (Wildman–Crippen MR) is 103 cm³/mol. The van der Waals surface area contributed by atoms with Crippen molar-refractivity contribution in [2.45, 2.75) is 13.0 Å². The smallest absolute Gasteiger partial charge is 0.270 e. The Kier molecular flexibility index (Phi) is 6.17. The van der Waals surface area contributed by atoms with Crippen LogP contribution >= 0.6 is 11.6 Å². The minimum atomic E-state index is -0.225. The SMILES string of the molecule is O=C(NCCc1cccc(Cl)c1)c1ccnc(NCc2ccccc2)n1. The van der Waals surface area contributed by atoms with Gasteiger partial charge in [-0.05, 0) is 35.7 Å². The van der Waals surface area contributed by atoms with Crippen LogP contribution in [0.1, 0.15) is 21.6 Å². The summed E-state index contributed by atoms with van der Waals surface area (Å²) in [6, 6.07) is 19.1. The molecule has 0 unspecified atom stereocenters. The number of carbonyl (C=O) groups is 1. The molecule has 0 saturated carbocycles. The molecule has 132 valence electrons. The highest BCUT2D eigenvalue weighted by Crippen LogP contribution is 2.11. The van der Waals surface area contributed by atoms with Crippen molar-refractivity contribution in [2.75, 3.05) is 11.9 Å². The van der Waals surface area contributed by atoms with Crippen LogP contribution in [0.5, 0.6) is 0 Å². The van der Waals surface area contributed by atoms with Gasteiger partial charge in [0.05, 0.1) is 0 Å². The highest BCUT2D eigenvalue weighted by atomic mass is 35.5. The molecule has 3 aromatic rings. The molecule has 0 bridgehead atoms. The minimum absolute atomic E-state index is 0.225. The van der Waals surface area contributed by atoms with E-state index in [1.54, 1.807) is 12.3 Å². The van der Waals surface area contributed by atoms with E-state index in [0.29, 0.717) is 36.2 Å². The van der Waals surface area contributed by atoms with E-state index in [0.717, 1.165) is 11.1 Å². The summed E-state index contributed by atoms with van der Waals surface area (Å²) in [5.41, 5.74) is 2.53. The highest BCUT2D eigenvalue weighted by molar-refractivity contribution is 6.30. The van der Waals surface area contributed by atoms with Gasteiger partial charge in [-0.15, -0.1) is 0 Å². The molecule has 26 heavy (non-hydrogen) atoms. The second-order valence-electron chi connectivity index (χ2n) is 5.74. The molecule has 0 atom stereocenters. The van der Waals surface area contributed by atoms with Crippen LogP contribution in [0.2, 0.25) is 5.02 Å². The number of anilines is 1. The average Bonchev–Trinajstić information content (AvgIpc) is 2.67. The minimum Gasteiger partial charge on any atom is -0.350 e. The third kappa shape index (κ3) is 5.29. The molecule has 0 saturated heterocycles. The van der Waals surface area contributed by atoms with Crippen LogP contribution in [0.4, 0.5) is 5.95 Å². The predicted octanol–water partition coefficient (Wildman–Crippen LogP) is 3.71. The van der Waals surface area contributed by atoms with Crippen LogP contribution in [-0.4, -0.2) is 22.4 Å². The molecule has 0 spiro atoms. The van der Waals surface area contributed by atoms with Crippen LogP contribution in [0.25, 0.3) is 0 Å². The van der Waals surface area contributed by atoms with Gasteiger partial charge in [0.1, 0.15) is 5.69 Å². The standard InChI is InChI=1S/C20H19ClN4O/c21-17-8-4-7-15(13-17)9-11-22-19(26)18-10-12-23-20(25-18)24-14-16-5-2-1-3-6-16/h1-8,10,12-13H,9,11,14H2,(H,22,26)(H,23,24,25). The molecular formula is C20H19ClN4O. The average molecular weight is 367 g/mol. The maximum absolute atomic E-state index is 12.3. The second-order valence-corrected chi connectivity index (χ2v) is 6.18. The number of hydrogen-bond acceptors (Lipinski definition) is 4. The fourth-order valence-corrected chi connectivity index (χ4v) is 2.66. The zero-order valence-electron chi connectivity index (χ0n) is 14.2. The first kappa shape index (κ1) is 17.9. The van der Waals surface area contributed by atoms with Gasteiger partial charge in [-0.3, -0.25) is 4.79 Å². The monoisotopic (exact) mass is 366 g/mol. The summed E-state index contributed by atoms with van der Waals surface area (Å²) in [6.07, 6.45) is 2.28. The first-order valence-electron chi connectivity index (χ1n) is 8.34. The zero-order valence-corrected chi connectivity index (χ0v) is 14.9. The fourth-order valence-electron chi connectivity index (χ4n) is 2.45. The Balaban J connectivity index is 1.52. The summed E-state index contributed by atoms with van der Waals surface area (Å²) in [5, 5.41) is 6.69. The molecule has 0 aliphatic carbocycles. The number of nitrogens with zero attached hydrogens (tertiary/aromatic N) is 2. The molecule has 0 fully saturated rings. The van der Waals surface area contributed by atoms with Crippen molar-refractivity contribution >= 4 is 23.5 Å². The second kappa shape index (κ2) is 8.97. The summed E-state index contributed by atoms with van der Waals surface area (Å²) < 4.78 is 0. The Bertz CT molecular complexity index is 870. The molecule has 5 nitrogen and oxygen atoms in total. The molecular weight excluding hydrogens is 348 g/mol. The molecule has 1 amide bonds. The van der Waals surface area contributed by atoms with Gasteiger partial charge in [-0.1, -0.05) is 54.1 Å². The lowest BCUT2D eigenvalue weighted by Crippen LogP contribution is -2.26. The highest BCUT2D eigenvalue weighted by Gasteiger charge is 2.08. The van der Waals surface area contributed by atoms with Crippen molar-refractivity contribution < 1.29 is 4.79 Å². The molecule has 2 N–H and O–H groups in total. The van der Waals surface area contributed by atoms with Crippen LogP contribution in [0, 0.1) is 0 Å². The van der Waals surface area contributed by atoms with Gasteiger partial charge in [0.15, 0.2) is 0 Å². The van der Waals surface area contributed by atoms with Crippen molar-refractivity contribution in [3.8, 4) is 0 Å². The largest absolute Gasteiger partial charge is 0.350 e. The van der Waals surface area contributed by atoms with Crippen molar-refractivity contribution in [3.63, 3.8) is 0 Å². The van der Waals surface area contributed by atoms with Crippen LogP contribution in [0.15, 0.2) is 66.9 Å². The number of halogens is 1. The van der Waals surface area contributed by atoms with Gasteiger partial charge in [0.2, 0.25) is 5.95 Å². The van der Waals surface area contributed by atoms with Crippen LogP contribution in [-0.2, 0) is 13.0 Å². The summed E-state index contributed by atoms with van der Waals surface area (Å²) in [4.78, 5) is 20.7. The summed E-state index contributed by atoms with van der Waals surface area (Å²) in [6.45, 7) is 1.11. The lowest BCUT2D eigenvalue weighted by atomic mass is 10.1.